The molecule has 4 aromatic rings. The standard InChI is InChI=1S/C29H32Cl2FN7O3S/c1-17(2)38-27-19(16-34-29(36-27)35-20-10-11-24(37(3)4)23(32)14-20)13-21(28(38)40)18-9-12-26(33-15-18)39(31)43(41,42)25-8-6-5-7-22(25)30/h5-9,12-13,15-17,20,23-24H,10-11,14H2,1-4H3,(H,34,35,36). The first-order valence-corrected chi connectivity index (χ1v) is 16.0. The van der Waals surface area contributed by atoms with Crippen LogP contribution in [0.4, 0.5) is 16.2 Å². The Hall–Kier alpha value is -3.32. The number of hydrogen-bond acceptors (Lipinski definition) is 8. The highest BCUT2D eigenvalue weighted by molar-refractivity contribution is 7.94. The number of aromatic nitrogens is 4. The lowest BCUT2D eigenvalue weighted by Crippen LogP contribution is -2.44. The van der Waals surface area contributed by atoms with Gasteiger partial charge in [-0.15, -0.1) is 0 Å². The zero-order valence-electron chi connectivity index (χ0n) is 24.1. The van der Waals surface area contributed by atoms with E-state index in [-0.39, 0.29) is 39.4 Å². The molecule has 0 aliphatic heterocycles. The third kappa shape index (κ3) is 6.19. The molecule has 43 heavy (non-hydrogen) atoms. The molecule has 1 aromatic carbocycles. The summed E-state index contributed by atoms with van der Waals surface area (Å²) in [5.74, 6) is 0.270. The summed E-state index contributed by atoms with van der Waals surface area (Å²) in [6.45, 7) is 3.75. The van der Waals surface area contributed by atoms with Gasteiger partial charge in [0.15, 0.2) is 5.82 Å². The molecule has 3 aromatic heterocycles. The van der Waals surface area contributed by atoms with Crippen molar-refractivity contribution in [1.29, 1.82) is 0 Å². The lowest BCUT2D eigenvalue weighted by Gasteiger charge is -2.35. The van der Waals surface area contributed by atoms with Gasteiger partial charge in [-0.2, -0.15) is 17.2 Å². The summed E-state index contributed by atoms with van der Waals surface area (Å²) >= 11 is 12.3. The quantitative estimate of drug-likeness (QED) is 0.243. The van der Waals surface area contributed by atoms with Crippen molar-refractivity contribution in [3.8, 4) is 11.1 Å². The minimum Gasteiger partial charge on any atom is -0.351 e. The molecule has 1 aliphatic carbocycles. The van der Waals surface area contributed by atoms with E-state index in [2.05, 4.69) is 20.3 Å². The van der Waals surface area contributed by atoms with Crippen LogP contribution in [0, 0.1) is 0 Å². The molecule has 1 aliphatic rings. The number of hydrogen-bond donors (Lipinski definition) is 1. The Balaban J connectivity index is 1.44. The monoisotopic (exact) mass is 647 g/mol. The maximum atomic E-state index is 14.7. The minimum absolute atomic E-state index is 0.0269. The highest BCUT2D eigenvalue weighted by atomic mass is 35.5. The highest BCUT2D eigenvalue weighted by Crippen LogP contribution is 2.31. The Morgan fingerprint density at radius 2 is 1.84 bits per heavy atom. The topological polar surface area (TPSA) is 113 Å². The smallest absolute Gasteiger partial charge is 0.280 e. The Morgan fingerprint density at radius 1 is 1.09 bits per heavy atom. The van der Waals surface area contributed by atoms with Crippen LogP contribution in [0.15, 0.2) is 64.5 Å². The van der Waals surface area contributed by atoms with Crippen LogP contribution in [-0.2, 0) is 10.0 Å². The van der Waals surface area contributed by atoms with Crippen LogP contribution in [0.3, 0.4) is 0 Å². The normalized spacial score (nSPS) is 19.2. The summed E-state index contributed by atoms with van der Waals surface area (Å²) in [6, 6.07) is 10.1. The molecular formula is C29H32Cl2FN7O3S. The summed E-state index contributed by atoms with van der Waals surface area (Å²) in [5.41, 5.74) is 0.937. The van der Waals surface area contributed by atoms with Gasteiger partial charge in [-0.1, -0.05) is 23.7 Å². The van der Waals surface area contributed by atoms with E-state index in [0.29, 0.717) is 38.4 Å². The van der Waals surface area contributed by atoms with E-state index in [1.807, 2.05) is 32.8 Å². The second-order valence-electron chi connectivity index (χ2n) is 11.1. The zero-order chi connectivity index (χ0) is 31.1. The van der Waals surface area contributed by atoms with Crippen molar-refractivity contribution in [2.75, 3.05) is 23.2 Å². The summed E-state index contributed by atoms with van der Waals surface area (Å²) in [5, 5.41) is 3.91. The van der Waals surface area contributed by atoms with E-state index >= 15 is 0 Å². The van der Waals surface area contributed by atoms with Gasteiger partial charge in [0.25, 0.3) is 15.6 Å². The van der Waals surface area contributed by atoms with Gasteiger partial charge < -0.3 is 10.2 Å². The van der Waals surface area contributed by atoms with Crippen molar-refractivity contribution in [2.45, 2.75) is 62.3 Å². The fourth-order valence-electron chi connectivity index (χ4n) is 5.38. The first-order valence-electron chi connectivity index (χ1n) is 13.8. The van der Waals surface area contributed by atoms with Gasteiger partial charge in [-0.25, -0.2) is 14.4 Å². The van der Waals surface area contributed by atoms with Crippen molar-refractivity contribution < 1.29 is 12.8 Å². The second kappa shape index (κ2) is 12.4. The van der Waals surface area contributed by atoms with Gasteiger partial charge in [-0.05, 0) is 71.1 Å². The summed E-state index contributed by atoms with van der Waals surface area (Å²) < 4.78 is 42.9. The maximum absolute atomic E-state index is 14.7. The molecule has 0 bridgehead atoms. The Bertz CT molecular complexity index is 1800. The fourth-order valence-corrected chi connectivity index (χ4v) is 7.23. The predicted octanol–water partition coefficient (Wildman–Crippen LogP) is 5.67. The predicted molar refractivity (Wildman–Crippen MR) is 168 cm³/mol. The Labute approximate surface area is 259 Å². The Morgan fingerprint density at radius 3 is 2.47 bits per heavy atom. The van der Waals surface area contributed by atoms with Gasteiger partial charge in [0.2, 0.25) is 5.95 Å². The van der Waals surface area contributed by atoms with Crippen LogP contribution < -0.4 is 14.7 Å². The Kier molecular flexibility index (Phi) is 8.94. The molecule has 228 valence electrons. The number of nitrogens with zero attached hydrogens (tertiary/aromatic N) is 6. The number of pyridine rings is 2. The average molecular weight is 649 g/mol. The van der Waals surface area contributed by atoms with Gasteiger partial charge in [0.05, 0.1) is 5.02 Å². The molecule has 0 radical (unpaired) electrons. The third-order valence-corrected chi connectivity index (χ3v) is 10.3. The molecule has 1 N–H and O–H groups in total. The van der Waals surface area contributed by atoms with Crippen molar-refractivity contribution in [3.63, 3.8) is 0 Å². The molecule has 0 spiro atoms. The molecule has 5 rings (SSSR count). The number of benzene rings is 1. The largest absolute Gasteiger partial charge is 0.351 e. The van der Waals surface area contributed by atoms with Gasteiger partial charge in [-0.3, -0.25) is 9.36 Å². The molecule has 0 amide bonds. The number of fused-ring (bicyclic) bond motifs is 1. The second-order valence-corrected chi connectivity index (χ2v) is 13.8. The average Bonchev–Trinajstić information content (AvgIpc) is 2.96. The van der Waals surface area contributed by atoms with Gasteiger partial charge in [0.1, 0.15) is 16.7 Å². The third-order valence-electron chi connectivity index (χ3n) is 7.59. The lowest BCUT2D eigenvalue weighted by atomic mass is 9.89. The molecule has 3 heterocycles. The SMILES string of the molecule is CC(C)n1c(=O)c(-c2ccc(N(Cl)S(=O)(=O)c3ccccc3Cl)nc2)cc2cnc(NC3CCC(N(C)C)C(F)C3)nc21. The molecule has 1 fully saturated rings. The van der Waals surface area contributed by atoms with E-state index < -0.39 is 16.2 Å². The highest BCUT2D eigenvalue weighted by Gasteiger charge is 2.32. The molecule has 10 nitrogen and oxygen atoms in total. The molecule has 3 unspecified atom stereocenters. The van der Waals surface area contributed by atoms with E-state index in [1.54, 1.807) is 29.0 Å². The van der Waals surface area contributed by atoms with Gasteiger partial charge >= 0.3 is 0 Å². The van der Waals surface area contributed by atoms with Gasteiger partial charge in [0, 0.05) is 65.2 Å². The molecule has 1 saturated carbocycles. The molecular weight excluding hydrogens is 616 g/mol. The molecule has 14 heteroatoms. The van der Waals surface area contributed by atoms with E-state index in [4.69, 9.17) is 23.4 Å². The fraction of sp³-hybridized carbons (Fsp3) is 0.379. The number of sulfonamides is 1. The van der Waals surface area contributed by atoms with Crippen LogP contribution in [0.25, 0.3) is 22.2 Å². The molecule has 0 saturated heterocycles. The van der Waals surface area contributed by atoms with E-state index in [0.717, 1.165) is 12.8 Å². The first kappa shape index (κ1) is 31.1. The number of rotatable bonds is 8. The summed E-state index contributed by atoms with van der Waals surface area (Å²) in [7, 11) is -0.408. The van der Waals surface area contributed by atoms with Crippen molar-refractivity contribution in [2.24, 2.45) is 0 Å². The van der Waals surface area contributed by atoms with Crippen molar-refractivity contribution in [1.82, 2.24) is 24.4 Å². The zero-order valence-corrected chi connectivity index (χ0v) is 26.4. The molecule has 3 atom stereocenters. The van der Waals surface area contributed by atoms with Crippen molar-refractivity contribution in [3.05, 3.63) is 70.2 Å². The van der Waals surface area contributed by atoms with Crippen LogP contribution >= 0.6 is 23.4 Å². The number of nitrogens with one attached hydrogen (secondary N) is 1. The summed E-state index contributed by atoms with van der Waals surface area (Å²) in [4.78, 5) is 28.8. The van der Waals surface area contributed by atoms with E-state index in [1.165, 1.54) is 30.5 Å². The summed E-state index contributed by atoms with van der Waals surface area (Å²) in [6.07, 6.45) is 3.91. The number of alkyl halides is 1. The number of halogens is 3. The van der Waals surface area contributed by atoms with E-state index in [9.17, 15) is 17.6 Å². The first-order chi connectivity index (χ1) is 20.4. The van der Waals surface area contributed by atoms with Crippen LogP contribution in [-0.4, -0.2) is 65.2 Å². The lowest BCUT2D eigenvalue weighted by molar-refractivity contribution is 0.109. The minimum atomic E-state index is -4.19. The van der Waals surface area contributed by atoms with Crippen LogP contribution in [0.2, 0.25) is 5.02 Å². The van der Waals surface area contributed by atoms with Crippen LogP contribution in [0.1, 0.15) is 39.2 Å². The number of anilines is 2. The van der Waals surface area contributed by atoms with Crippen molar-refractivity contribution >= 4 is 56.2 Å². The maximum Gasteiger partial charge on any atom is 0.280 e. The van der Waals surface area contributed by atoms with Crippen LogP contribution in [0.5, 0.6) is 0 Å².